The van der Waals surface area contributed by atoms with Crippen LogP contribution in [0.5, 0.6) is 0 Å². The third-order valence-electron chi connectivity index (χ3n) is 4.49. The van der Waals surface area contributed by atoms with E-state index in [4.69, 9.17) is 0 Å². The molecule has 0 fully saturated rings. The standard InChI is InChI=1S/C23H26N4O3S2/c1-16(2)14-26-32(29,30)20-11-9-19(10-12-20)27-23(28)17(3)31-22-13-21(24-15-25-22)18-7-5-4-6-8-18/h4-13,15-17,26H,14H2,1-3H3,(H,27,28). The van der Waals surface area contributed by atoms with Crippen LogP contribution in [0.3, 0.4) is 0 Å². The SMILES string of the molecule is CC(C)CNS(=O)(=O)c1ccc(NC(=O)C(C)Sc2cc(-c3ccccc3)ncn2)cc1. The summed E-state index contributed by atoms with van der Waals surface area (Å²) in [6.45, 7) is 6.03. The number of hydrogen-bond acceptors (Lipinski definition) is 6. The second-order valence-corrected chi connectivity index (χ2v) is 10.8. The number of hydrogen-bond donors (Lipinski definition) is 2. The van der Waals surface area contributed by atoms with Gasteiger partial charge in [-0.2, -0.15) is 0 Å². The lowest BCUT2D eigenvalue weighted by atomic mass is 10.1. The molecule has 9 heteroatoms. The molecule has 2 N–H and O–H groups in total. The number of carbonyl (C=O) groups excluding carboxylic acids is 1. The van der Waals surface area contributed by atoms with E-state index in [1.807, 2.05) is 50.2 Å². The molecule has 3 aromatic rings. The van der Waals surface area contributed by atoms with Gasteiger partial charge >= 0.3 is 0 Å². The first kappa shape index (κ1) is 23.9. The van der Waals surface area contributed by atoms with Gasteiger partial charge in [-0.1, -0.05) is 55.9 Å². The maximum absolute atomic E-state index is 12.6. The lowest BCUT2D eigenvalue weighted by Crippen LogP contribution is -2.27. The molecule has 3 rings (SSSR count). The highest BCUT2D eigenvalue weighted by Gasteiger charge is 2.18. The topological polar surface area (TPSA) is 101 Å². The minimum Gasteiger partial charge on any atom is -0.325 e. The number of benzene rings is 2. The van der Waals surface area contributed by atoms with Crippen molar-refractivity contribution in [2.24, 2.45) is 5.92 Å². The summed E-state index contributed by atoms with van der Waals surface area (Å²) in [4.78, 5) is 21.3. The number of nitrogens with one attached hydrogen (secondary N) is 2. The van der Waals surface area contributed by atoms with Gasteiger partial charge in [0.15, 0.2) is 0 Å². The Kier molecular flexibility index (Phi) is 8.00. The molecule has 168 valence electrons. The summed E-state index contributed by atoms with van der Waals surface area (Å²) in [6.07, 6.45) is 1.49. The molecule has 7 nitrogen and oxygen atoms in total. The van der Waals surface area contributed by atoms with Crippen LogP contribution in [0.25, 0.3) is 11.3 Å². The number of amides is 1. The second-order valence-electron chi connectivity index (χ2n) is 7.63. The highest BCUT2D eigenvalue weighted by molar-refractivity contribution is 8.00. The zero-order chi connectivity index (χ0) is 23.1. The molecule has 0 aliphatic heterocycles. The molecule has 0 aliphatic rings. The molecule has 0 saturated heterocycles. The van der Waals surface area contributed by atoms with Gasteiger partial charge in [-0.15, -0.1) is 0 Å². The zero-order valence-corrected chi connectivity index (χ0v) is 19.8. The normalized spacial score (nSPS) is 12.5. The van der Waals surface area contributed by atoms with Crippen molar-refractivity contribution in [3.63, 3.8) is 0 Å². The van der Waals surface area contributed by atoms with Crippen molar-refractivity contribution in [3.05, 3.63) is 67.0 Å². The van der Waals surface area contributed by atoms with Crippen LogP contribution < -0.4 is 10.0 Å². The fraction of sp³-hybridized carbons (Fsp3) is 0.261. The third-order valence-corrected chi connectivity index (χ3v) is 6.96. The van der Waals surface area contributed by atoms with Crippen LogP contribution in [0.15, 0.2) is 76.9 Å². The predicted molar refractivity (Wildman–Crippen MR) is 128 cm³/mol. The molecule has 1 atom stereocenters. The first-order valence-electron chi connectivity index (χ1n) is 10.2. The van der Waals surface area contributed by atoms with E-state index in [0.29, 0.717) is 17.3 Å². The van der Waals surface area contributed by atoms with Crippen LogP contribution >= 0.6 is 11.8 Å². The number of thioether (sulfide) groups is 1. The highest BCUT2D eigenvalue weighted by atomic mass is 32.2. The van der Waals surface area contributed by atoms with E-state index in [9.17, 15) is 13.2 Å². The quantitative estimate of drug-likeness (QED) is 0.359. The Hall–Kier alpha value is -2.75. The van der Waals surface area contributed by atoms with Gasteiger partial charge < -0.3 is 5.32 Å². The number of aromatic nitrogens is 2. The molecule has 2 aromatic carbocycles. The van der Waals surface area contributed by atoms with E-state index in [2.05, 4.69) is 20.0 Å². The van der Waals surface area contributed by atoms with Gasteiger partial charge in [0, 0.05) is 17.8 Å². The molecule has 0 aliphatic carbocycles. The molecule has 32 heavy (non-hydrogen) atoms. The Morgan fingerprint density at radius 3 is 2.34 bits per heavy atom. The van der Waals surface area contributed by atoms with Gasteiger partial charge in [0.2, 0.25) is 15.9 Å². The summed E-state index contributed by atoms with van der Waals surface area (Å²) in [5.41, 5.74) is 2.29. The average Bonchev–Trinajstić information content (AvgIpc) is 2.79. The molecule has 0 spiro atoms. The van der Waals surface area contributed by atoms with Gasteiger partial charge in [0.25, 0.3) is 0 Å². The molecule has 0 radical (unpaired) electrons. The Morgan fingerprint density at radius 2 is 1.69 bits per heavy atom. The van der Waals surface area contributed by atoms with Gasteiger partial charge in [-0.05, 0) is 43.2 Å². The fourth-order valence-corrected chi connectivity index (χ4v) is 4.76. The van der Waals surface area contributed by atoms with E-state index < -0.39 is 15.3 Å². The smallest absolute Gasteiger partial charge is 0.240 e. The Balaban J connectivity index is 1.61. The Labute approximate surface area is 193 Å². The molecule has 0 bridgehead atoms. The van der Waals surface area contributed by atoms with Crippen LogP contribution in [-0.2, 0) is 14.8 Å². The van der Waals surface area contributed by atoms with E-state index in [1.165, 1.54) is 30.2 Å². The van der Waals surface area contributed by atoms with Crippen molar-refractivity contribution in [3.8, 4) is 11.3 Å². The van der Waals surface area contributed by atoms with Gasteiger partial charge in [0.05, 0.1) is 15.8 Å². The van der Waals surface area contributed by atoms with Gasteiger partial charge in [-0.25, -0.2) is 23.1 Å². The van der Waals surface area contributed by atoms with E-state index >= 15 is 0 Å². The van der Waals surface area contributed by atoms with E-state index in [0.717, 1.165) is 11.3 Å². The number of nitrogens with zero attached hydrogens (tertiary/aromatic N) is 2. The number of carbonyl (C=O) groups is 1. The maximum atomic E-state index is 12.6. The number of rotatable bonds is 9. The Morgan fingerprint density at radius 1 is 1.00 bits per heavy atom. The minimum atomic E-state index is -3.57. The second kappa shape index (κ2) is 10.7. The van der Waals surface area contributed by atoms with Crippen LogP contribution in [0.1, 0.15) is 20.8 Å². The first-order chi connectivity index (χ1) is 15.2. The van der Waals surface area contributed by atoms with Gasteiger partial charge in [0.1, 0.15) is 11.4 Å². The molecule has 1 heterocycles. The summed E-state index contributed by atoms with van der Waals surface area (Å²) in [7, 11) is -3.57. The summed E-state index contributed by atoms with van der Waals surface area (Å²) >= 11 is 1.33. The third kappa shape index (κ3) is 6.62. The molecule has 1 unspecified atom stereocenters. The average molecular weight is 471 g/mol. The van der Waals surface area contributed by atoms with Crippen LogP contribution in [-0.4, -0.2) is 36.1 Å². The summed E-state index contributed by atoms with van der Waals surface area (Å²) < 4.78 is 27.2. The molecular weight excluding hydrogens is 444 g/mol. The van der Waals surface area contributed by atoms with Crippen molar-refractivity contribution < 1.29 is 13.2 Å². The zero-order valence-electron chi connectivity index (χ0n) is 18.1. The minimum absolute atomic E-state index is 0.160. The predicted octanol–water partition coefficient (Wildman–Crippen LogP) is 4.20. The summed E-state index contributed by atoms with van der Waals surface area (Å²) in [5.74, 6) is 0.00407. The molecule has 0 saturated carbocycles. The lowest BCUT2D eigenvalue weighted by molar-refractivity contribution is -0.115. The molecule has 1 amide bonds. The van der Waals surface area contributed by atoms with Crippen molar-refractivity contribution >= 4 is 33.4 Å². The first-order valence-corrected chi connectivity index (χ1v) is 12.6. The van der Waals surface area contributed by atoms with Crippen molar-refractivity contribution in [1.29, 1.82) is 0 Å². The van der Waals surface area contributed by atoms with Gasteiger partial charge in [-0.3, -0.25) is 4.79 Å². The van der Waals surface area contributed by atoms with E-state index in [1.54, 1.807) is 19.1 Å². The van der Waals surface area contributed by atoms with Crippen molar-refractivity contribution in [2.45, 2.75) is 35.9 Å². The van der Waals surface area contributed by atoms with Crippen molar-refractivity contribution in [2.75, 3.05) is 11.9 Å². The monoisotopic (exact) mass is 470 g/mol. The van der Waals surface area contributed by atoms with Crippen LogP contribution in [0, 0.1) is 5.92 Å². The van der Waals surface area contributed by atoms with Crippen LogP contribution in [0.4, 0.5) is 5.69 Å². The fourth-order valence-electron chi connectivity index (χ4n) is 2.73. The summed E-state index contributed by atoms with van der Waals surface area (Å²) in [6, 6.07) is 17.7. The molecule has 1 aromatic heterocycles. The summed E-state index contributed by atoms with van der Waals surface area (Å²) in [5, 5.41) is 3.10. The largest absolute Gasteiger partial charge is 0.325 e. The Bertz CT molecular complexity index is 1150. The highest BCUT2D eigenvalue weighted by Crippen LogP contribution is 2.26. The maximum Gasteiger partial charge on any atom is 0.240 e. The lowest BCUT2D eigenvalue weighted by Gasteiger charge is -2.13. The van der Waals surface area contributed by atoms with E-state index in [-0.39, 0.29) is 16.7 Å². The molecular formula is C23H26N4O3S2. The van der Waals surface area contributed by atoms with Crippen molar-refractivity contribution in [1.82, 2.24) is 14.7 Å². The number of sulfonamides is 1. The van der Waals surface area contributed by atoms with Crippen LogP contribution in [0.2, 0.25) is 0 Å². The number of anilines is 1.